The number of carbonyl (C=O) groups excluding carboxylic acids is 1. The Bertz CT molecular complexity index is 615. The van der Waals surface area contributed by atoms with Crippen molar-refractivity contribution >= 4 is 16.8 Å². The Hall–Kier alpha value is -1.81. The Balaban J connectivity index is 2.07. The third-order valence-corrected chi connectivity index (χ3v) is 3.78. The Morgan fingerprint density at radius 3 is 2.85 bits per heavy atom. The summed E-state index contributed by atoms with van der Waals surface area (Å²) in [7, 11) is 0. The van der Waals surface area contributed by atoms with E-state index in [1.165, 1.54) is 16.6 Å². The van der Waals surface area contributed by atoms with Gasteiger partial charge in [0.15, 0.2) is 0 Å². The number of aromatic amines is 1. The fraction of sp³-hybridized carbons (Fsp3) is 0.438. The SMILES string of the molecule is CCCC(N)C(=O)NCc1ccc2[nH]c(C)c(C)c2c1. The summed E-state index contributed by atoms with van der Waals surface area (Å²) >= 11 is 0. The van der Waals surface area contributed by atoms with Gasteiger partial charge in [-0.1, -0.05) is 19.4 Å². The second kappa shape index (κ2) is 6.09. The molecule has 1 atom stereocenters. The zero-order valence-electron chi connectivity index (χ0n) is 12.4. The minimum atomic E-state index is -0.403. The summed E-state index contributed by atoms with van der Waals surface area (Å²) in [5.74, 6) is -0.0751. The van der Waals surface area contributed by atoms with Gasteiger partial charge in [0, 0.05) is 23.1 Å². The number of benzene rings is 1. The van der Waals surface area contributed by atoms with E-state index in [0.717, 1.165) is 23.9 Å². The third kappa shape index (κ3) is 3.02. The van der Waals surface area contributed by atoms with Crippen LogP contribution in [0.25, 0.3) is 10.9 Å². The molecule has 1 unspecified atom stereocenters. The van der Waals surface area contributed by atoms with E-state index in [9.17, 15) is 4.79 Å². The molecule has 4 heteroatoms. The lowest BCUT2D eigenvalue weighted by Crippen LogP contribution is -2.40. The van der Waals surface area contributed by atoms with Gasteiger partial charge in [0.25, 0.3) is 0 Å². The number of fused-ring (bicyclic) bond motifs is 1. The summed E-state index contributed by atoms with van der Waals surface area (Å²) in [4.78, 5) is 15.1. The molecular weight excluding hydrogens is 250 g/mol. The lowest BCUT2D eigenvalue weighted by Gasteiger charge is -2.11. The van der Waals surface area contributed by atoms with Crippen molar-refractivity contribution in [1.29, 1.82) is 0 Å². The van der Waals surface area contributed by atoms with Crippen LogP contribution in [0.3, 0.4) is 0 Å². The first-order valence-corrected chi connectivity index (χ1v) is 7.14. The smallest absolute Gasteiger partial charge is 0.237 e. The molecular formula is C16H23N3O. The molecule has 108 valence electrons. The average molecular weight is 273 g/mol. The van der Waals surface area contributed by atoms with Crippen LogP contribution in [0.2, 0.25) is 0 Å². The van der Waals surface area contributed by atoms with Gasteiger partial charge in [-0.2, -0.15) is 0 Å². The molecule has 0 fully saturated rings. The van der Waals surface area contributed by atoms with E-state index in [0.29, 0.717) is 6.54 Å². The van der Waals surface area contributed by atoms with E-state index in [1.807, 2.05) is 13.0 Å². The van der Waals surface area contributed by atoms with Gasteiger partial charge in [0.1, 0.15) is 0 Å². The monoisotopic (exact) mass is 273 g/mol. The second-order valence-electron chi connectivity index (χ2n) is 5.37. The zero-order chi connectivity index (χ0) is 14.7. The predicted molar refractivity (Wildman–Crippen MR) is 82.5 cm³/mol. The van der Waals surface area contributed by atoms with Crippen LogP contribution in [0.4, 0.5) is 0 Å². The number of carbonyl (C=O) groups is 1. The number of rotatable bonds is 5. The van der Waals surface area contributed by atoms with Crippen molar-refractivity contribution in [3.8, 4) is 0 Å². The highest BCUT2D eigenvalue weighted by Gasteiger charge is 2.12. The van der Waals surface area contributed by atoms with Crippen LogP contribution in [0.5, 0.6) is 0 Å². The predicted octanol–water partition coefficient (Wildman–Crippen LogP) is 2.53. The van der Waals surface area contributed by atoms with Crippen LogP contribution in [-0.2, 0) is 11.3 Å². The molecule has 0 spiro atoms. The van der Waals surface area contributed by atoms with E-state index < -0.39 is 6.04 Å². The van der Waals surface area contributed by atoms with Gasteiger partial charge in [-0.05, 0) is 43.5 Å². The highest BCUT2D eigenvalue weighted by Crippen LogP contribution is 2.22. The van der Waals surface area contributed by atoms with Crippen molar-refractivity contribution < 1.29 is 4.79 Å². The van der Waals surface area contributed by atoms with E-state index in [2.05, 4.69) is 36.3 Å². The molecule has 1 heterocycles. The van der Waals surface area contributed by atoms with Gasteiger partial charge >= 0.3 is 0 Å². The fourth-order valence-electron chi connectivity index (χ4n) is 2.38. The number of aromatic nitrogens is 1. The number of aryl methyl sites for hydroxylation is 2. The Labute approximate surface area is 119 Å². The van der Waals surface area contributed by atoms with Gasteiger partial charge in [-0.3, -0.25) is 4.79 Å². The standard InChI is InChI=1S/C16H23N3O/c1-4-5-14(17)16(20)18-9-12-6-7-15-13(8-12)10(2)11(3)19-15/h6-8,14,19H,4-5,9,17H2,1-3H3,(H,18,20). The molecule has 4 nitrogen and oxygen atoms in total. The Morgan fingerprint density at radius 2 is 2.15 bits per heavy atom. The molecule has 4 N–H and O–H groups in total. The van der Waals surface area contributed by atoms with Crippen molar-refractivity contribution in [1.82, 2.24) is 10.3 Å². The van der Waals surface area contributed by atoms with Crippen LogP contribution in [-0.4, -0.2) is 16.9 Å². The molecule has 1 amide bonds. The molecule has 1 aromatic carbocycles. The molecule has 2 rings (SSSR count). The van der Waals surface area contributed by atoms with Gasteiger partial charge in [0.2, 0.25) is 5.91 Å². The molecule has 0 saturated carbocycles. The van der Waals surface area contributed by atoms with Crippen molar-refractivity contribution in [3.63, 3.8) is 0 Å². The average Bonchev–Trinajstić information content (AvgIpc) is 2.72. The van der Waals surface area contributed by atoms with Crippen molar-refractivity contribution in [2.75, 3.05) is 0 Å². The number of nitrogens with two attached hydrogens (primary N) is 1. The Kier molecular flexibility index (Phi) is 4.45. The molecule has 0 aliphatic carbocycles. The first-order chi connectivity index (χ1) is 9.52. The van der Waals surface area contributed by atoms with Gasteiger partial charge in [-0.15, -0.1) is 0 Å². The van der Waals surface area contributed by atoms with E-state index >= 15 is 0 Å². The Morgan fingerprint density at radius 1 is 1.40 bits per heavy atom. The summed E-state index contributed by atoms with van der Waals surface area (Å²) < 4.78 is 0. The summed E-state index contributed by atoms with van der Waals surface area (Å²) in [6.07, 6.45) is 1.64. The van der Waals surface area contributed by atoms with Crippen molar-refractivity contribution in [3.05, 3.63) is 35.0 Å². The first kappa shape index (κ1) is 14.6. The minimum Gasteiger partial charge on any atom is -0.358 e. The van der Waals surface area contributed by atoms with Gasteiger partial charge < -0.3 is 16.0 Å². The summed E-state index contributed by atoms with van der Waals surface area (Å²) in [6, 6.07) is 5.81. The van der Waals surface area contributed by atoms with E-state index in [1.54, 1.807) is 0 Å². The van der Waals surface area contributed by atoms with Crippen LogP contribution < -0.4 is 11.1 Å². The molecule has 2 aromatic rings. The number of nitrogens with one attached hydrogen (secondary N) is 2. The number of H-pyrrole nitrogens is 1. The third-order valence-electron chi connectivity index (χ3n) is 3.78. The minimum absolute atomic E-state index is 0.0751. The quantitative estimate of drug-likeness (QED) is 0.783. The summed E-state index contributed by atoms with van der Waals surface area (Å²) in [5, 5.41) is 4.12. The summed E-state index contributed by atoms with van der Waals surface area (Å²) in [6.45, 7) is 6.72. The van der Waals surface area contributed by atoms with Crippen LogP contribution in [0.15, 0.2) is 18.2 Å². The number of hydrogen-bond donors (Lipinski definition) is 3. The molecule has 0 aliphatic heterocycles. The van der Waals surface area contributed by atoms with E-state index in [4.69, 9.17) is 5.73 Å². The lowest BCUT2D eigenvalue weighted by molar-refractivity contribution is -0.122. The molecule has 0 saturated heterocycles. The van der Waals surface area contributed by atoms with E-state index in [-0.39, 0.29) is 5.91 Å². The molecule has 0 aliphatic rings. The highest BCUT2D eigenvalue weighted by molar-refractivity contribution is 5.85. The van der Waals surface area contributed by atoms with Crippen LogP contribution in [0, 0.1) is 13.8 Å². The number of amides is 1. The zero-order valence-corrected chi connectivity index (χ0v) is 12.4. The van der Waals surface area contributed by atoms with Crippen LogP contribution >= 0.6 is 0 Å². The maximum Gasteiger partial charge on any atom is 0.237 e. The highest BCUT2D eigenvalue weighted by atomic mass is 16.2. The molecule has 20 heavy (non-hydrogen) atoms. The maximum atomic E-state index is 11.8. The van der Waals surface area contributed by atoms with Crippen LogP contribution in [0.1, 0.15) is 36.6 Å². The van der Waals surface area contributed by atoms with Gasteiger partial charge in [-0.25, -0.2) is 0 Å². The van der Waals surface area contributed by atoms with Crippen molar-refractivity contribution in [2.24, 2.45) is 5.73 Å². The first-order valence-electron chi connectivity index (χ1n) is 7.14. The van der Waals surface area contributed by atoms with Gasteiger partial charge in [0.05, 0.1) is 6.04 Å². The maximum absolute atomic E-state index is 11.8. The van der Waals surface area contributed by atoms with Crippen molar-refractivity contribution in [2.45, 2.75) is 46.2 Å². The molecule has 0 radical (unpaired) electrons. The largest absolute Gasteiger partial charge is 0.358 e. The molecule has 0 bridgehead atoms. The number of hydrogen-bond acceptors (Lipinski definition) is 2. The fourth-order valence-corrected chi connectivity index (χ4v) is 2.38. The topological polar surface area (TPSA) is 70.9 Å². The molecule has 1 aromatic heterocycles. The lowest BCUT2D eigenvalue weighted by atomic mass is 10.1. The second-order valence-corrected chi connectivity index (χ2v) is 5.37. The summed E-state index contributed by atoms with van der Waals surface area (Å²) in [5.41, 5.74) is 10.5. The normalized spacial score (nSPS) is 12.6.